The van der Waals surface area contributed by atoms with Crippen molar-refractivity contribution < 1.29 is 19.1 Å². The maximum Gasteiger partial charge on any atom is 0.258 e. The highest BCUT2D eigenvalue weighted by Gasteiger charge is 2.31. The van der Waals surface area contributed by atoms with Gasteiger partial charge in [0.15, 0.2) is 18.1 Å². The number of rotatable bonds is 6. The van der Waals surface area contributed by atoms with Crippen molar-refractivity contribution in [3.63, 3.8) is 0 Å². The van der Waals surface area contributed by atoms with Gasteiger partial charge in [-0.3, -0.25) is 9.59 Å². The summed E-state index contributed by atoms with van der Waals surface area (Å²) in [5.74, 6) is 0.825. The van der Waals surface area contributed by atoms with E-state index < -0.39 is 0 Å². The van der Waals surface area contributed by atoms with Crippen molar-refractivity contribution in [2.24, 2.45) is 0 Å². The fourth-order valence-corrected chi connectivity index (χ4v) is 3.10. The lowest BCUT2D eigenvalue weighted by molar-refractivity contribution is -0.123. The molecule has 0 aliphatic carbocycles. The van der Waals surface area contributed by atoms with Crippen LogP contribution in [0.1, 0.15) is 17.5 Å². The van der Waals surface area contributed by atoms with E-state index >= 15 is 0 Å². The van der Waals surface area contributed by atoms with E-state index in [1.54, 1.807) is 24.1 Å². The van der Waals surface area contributed by atoms with Crippen LogP contribution in [0.2, 0.25) is 0 Å². The normalized spacial score (nSPS) is 16.3. The van der Waals surface area contributed by atoms with Crippen LogP contribution in [-0.2, 0) is 9.59 Å². The number of nitrogens with one attached hydrogen (secondary N) is 1. The highest BCUT2D eigenvalue weighted by Crippen LogP contribution is 2.26. The van der Waals surface area contributed by atoms with Gasteiger partial charge in [-0.05, 0) is 49.2 Å². The number of methoxy groups -OCH3 is 1. The number of nitrogens with zero attached hydrogens (tertiary/aromatic N) is 1. The van der Waals surface area contributed by atoms with E-state index in [1.165, 1.54) is 5.56 Å². The SMILES string of the molecule is COc1ccccc1OCC(=O)NC1CC(=O)N(c2ccc(C)c(C)c2)C1. The van der Waals surface area contributed by atoms with Crippen LogP contribution >= 0.6 is 0 Å². The highest BCUT2D eigenvalue weighted by atomic mass is 16.5. The first-order valence-corrected chi connectivity index (χ1v) is 8.90. The Morgan fingerprint density at radius 3 is 2.59 bits per heavy atom. The minimum Gasteiger partial charge on any atom is -0.493 e. The number of anilines is 1. The van der Waals surface area contributed by atoms with Gasteiger partial charge in [-0.15, -0.1) is 0 Å². The second kappa shape index (κ2) is 8.12. The summed E-state index contributed by atoms with van der Waals surface area (Å²) in [6.07, 6.45) is 0.285. The molecule has 0 bridgehead atoms. The quantitative estimate of drug-likeness (QED) is 0.851. The summed E-state index contributed by atoms with van der Waals surface area (Å²) in [7, 11) is 1.55. The van der Waals surface area contributed by atoms with E-state index in [-0.39, 0.29) is 30.9 Å². The zero-order valence-corrected chi connectivity index (χ0v) is 15.8. The van der Waals surface area contributed by atoms with Crippen molar-refractivity contribution in [3.05, 3.63) is 53.6 Å². The molecule has 1 N–H and O–H groups in total. The van der Waals surface area contributed by atoms with Crippen molar-refractivity contribution in [2.45, 2.75) is 26.3 Å². The molecule has 2 aromatic rings. The summed E-state index contributed by atoms with van der Waals surface area (Å²) in [4.78, 5) is 26.3. The number of hydrogen-bond acceptors (Lipinski definition) is 4. The molecule has 1 aliphatic heterocycles. The predicted octanol–water partition coefficient (Wildman–Crippen LogP) is 2.61. The molecule has 142 valence electrons. The minimum absolute atomic E-state index is 0.00852. The Morgan fingerprint density at radius 1 is 1.15 bits per heavy atom. The average molecular weight is 368 g/mol. The van der Waals surface area contributed by atoms with E-state index in [1.807, 2.05) is 44.2 Å². The predicted molar refractivity (Wildman–Crippen MR) is 103 cm³/mol. The van der Waals surface area contributed by atoms with Gasteiger partial charge in [0.1, 0.15) is 0 Å². The number of aryl methyl sites for hydroxylation is 2. The second-order valence-corrected chi connectivity index (χ2v) is 6.68. The number of benzene rings is 2. The van der Waals surface area contributed by atoms with Gasteiger partial charge < -0.3 is 19.7 Å². The Bertz CT molecular complexity index is 850. The largest absolute Gasteiger partial charge is 0.493 e. The second-order valence-electron chi connectivity index (χ2n) is 6.68. The van der Waals surface area contributed by atoms with Gasteiger partial charge in [-0.25, -0.2) is 0 Å². The summed E-state index contributed by atoms with van der Waals surface area (Å²) < 4.78 is 10.7. The van der Waals surface area contributed by atoms with Crippen LogP contribution in [-0.4, -0.2) is 38.1 Å². The third-order valence-electron chi connectivity index (χ3n) is 4.72. The van der Waals surface area contributed by atoms with Crippen molar-refractivity contribution in [2.75, 3.05) is 25.2 Å². The Hall–Kier alpha value is -3.02. The van der Waals surface area contributed by atoms with Gasteiger partial charge in [-0.2, -0.15) is 0 Å². The number of ether oxygens (including phenoxy) is 2. The van der Waals surface area contributed by atoms with E-state index in [0.29, 0.717) is 18.0 Å². The first kappa shape index (κ1) is 18.8. The smallest absolute Gasteiger partial charge is 0.258 e. The third kappa shape index (κ3) is 4.39. The van der Waals surface area contributed by atoms with Crippen LogP contribution in [0.25, 0.3) is 0 Å². The lowest BCUT2D eigenvalue weighted by Crippen LogP contribution is -2.39. The van der Waals surface area contributed by atoms with Gasteiger partial charge in [0.05, 0.1) is 13.2 Å². The minimum atomic E-state index is -0.263. The van der Waals surface area contributed by atoms with Gasteiger partial charge in [0.25, 0.3) is 5.91 Å². The molecule has 0 spiro atoms. The molecule has 1 atom stereocenters. The molecule has 6 nitrogen and oxygen atoms in total. The van der Waals surface area contributed by atoms with Gasteiger partial charge in [0.2, 0.25) is 5.91 Å². The summed E-state index contributed by atoms with van der Waals surface area (Å²) >= 11 is 0. The molecular formula is C21H24N2O4. The first-order valence-electron chi connectivity index (χ1n) is 8.90. The van der Waals surface area contributed by atoms with Crippen LogP contribution in [0.3, 0.4) is 0 Å². The molecule has 2 amide bonds. The molecule has 1 saturated heterocycles. The number of para-hydroxylation sites is 2. The molecule has 6 heteroatoms. The van der Waals surface area contributed by atoms with Crippen LogP contribution in [0.5, 0.6) is 11.5 Å². The maximum absolute atomic E-state index is 12.4. The standard InChI is InChI=1S/C21H24N2O4/c1-14-8-9-17(10-15(14)2)23-12-16(11-21(23)25)22-20(24)13-27-19-7-5-4-6-18(19)26-3/h4-10,16H,11-13H2,1-3H3,(H,22,24). The van der Waals surface area contributed by atoms with Crippen LogP contribution < -0.4 is 19.7 Å². The van der Waals surface area contributed by atoms with Crippen LogP contribution in [0.15, 0.2) is 42.5 Å². The van der Waals surface area contributed by atoms with Crippen molar-refractivity contribution >= 4 is 17.5 Å². The molecule has 1 fully saturated rings. The molecule has 1 aliphatic rings. The molecule has 0 aromatic heterocycles. The average Bonchev–Trinajstić information content (AvgIpc) is 3.02. The summed E-state index contributed by atoms with van der Waals surface area (Å²) in [6, 6.07) is 12.9. The number of carbonyl (C=O) groups is 2. The van der Waals surface area contributed by atoms with Crippen LogP contribution in [0.4, 0.5) is 5.69 Å². The van der Waals surface area contributed by atoms with Gasteiger partial charge >= 0.3 is 0 Å². The van der Waals surface area contributed by atoms with E-state index in [9.17, 15) is 9.59 Å². The number of carbonyl (C=O) groups excluding carboxylic acids is 2. The lowest BCUT2D eigenvalue weighted by Gasteiger charge is -2.18. The van der Waals surface area contributed by atoms with Crippen molar-refractivity contribution in [1.82, 2.24) is 5.32 Å². The Balaban J connectivity index is 1.56. The number of amides is 2. The highest BCUT2D eigenvalue weighted by molar-refractivity contribution is 5.97. The summed E-state index contributed by atoms with van der Waals surface area (Å²) in [6.45, 7) is 4.39. The first-order chi connectivity index (χ1) is 13.0. The topological polar surface area (TPSA) is 67.9 Å². The van der Waals surface area contributed by atoms with E-state index in [4.69, 9.17) is 9.47 Å². The van der Waals surface area contributed by atoms with E-state index in [2.05, 4.69) is 5.32 Å². The Labute approximate surface area is 159 Å². The molecule has 2 aromatic carbocycles. The zero-order chi connectivity index (χ0) is 19.4. The molecule has 1 heterocycles. The molecule has 27 heavy (non-hydrogen) atoms. The van der Waals surface area contributed by atoms with Crippen molar-refractivity contribution in [3.8, 4) is 11.5 Å². The van der Waals surface area contributed by atoms with Gasteiger partial charge in [-0.1, -0.05) is 18.2 Å². The lowest BCUT2D eigenvalue weighted by atomic mass is 10.1. The summed E-state index contributed by atoms with van der Waals surface area (Å²) in [5.41, 5.74) is 3.19. The maximum atomic E-state index is 12.4. The monoisotopic (exact) mass is 368 g/mol. The van der Waals surface area contributed by atoms with Gasteiger partial charge in [0, 0.05) is 18.7 Å². The Kier molecular flexibility index (Phi) is 5.64. The van der Waals surface area contributed by atoms with E-state index in [0.717, 1.165) is 11.3 Å². The molecular weight excluding hydrogens is 344 g/mol. The van der Waals surface area contributed by atoms with Crippen molar-refractivity contribution in [1.29, 1.82) is 0 Å². The Morgan fingerprint density at radius 2 is 1.89 bits per heavy atom. The molecule has 3 rings (SSSR count). The fraction of sp³-hybridized carbons (Fsp3) is 0.333. The molecule has 0 radical (unpaired) electrons. The number of hydrogen-bond donors (Lipinski definition) is 1. The zero-order valence-electron chi connectivity index (χ0n) is 15.8. The fourth-order valence-electron chi connectivity index (χ4n) is 3.10. The van der Waals surface area contributed by atoms with Crippen LogP contribution in [0, 0.1) is 13.8 Å². The third-order valence-corrected chi connectivity index (χ3v) is 4.72. The summed E-state index contributed by atoms with van der Waals surface area (Å²) in [5, 5.41) is 2.88. The molecule has 1 unspecified atom stereocenters. The molecule has 0 saturated carbocycles.